The molecule has 2 aromatic rings. The second-order valence-corrected chi connectivity index (χ2v) is 9.80. The fourth-order valence-corrected chi connectivity index (χ4v) is 5.21. The Morgan fingerprint density at radius 1 is 0.921 bits per heavy atom. The van der Waals surface area contributed by atoms with Crippen molar-refractivity contribution in [2.75, 3.05) is 13.1 Å². The average molecular weight is 521 g/mol. The van der Waals surface area contributed by atoms with E-state index in [1.54, 1.807) is 24.3 Å². The number of esters is 1. The summed E-state index contributed by atoms with van der Waals surface area (Å²) in [6.45, 7) is 1.50. The topological polar surface area (TPSA) is 117 Å². The van der Waals surface area contributed by atoms with E-state index in [0.717, 1.165) is 12.0 Å². The van der Waals surface area contributed by atoms with Gasteiger partial charge in [0.15, 0.2) is 0 Å². The fourth-order valence-electron chi connectivity index (χ4n) is 5.21. The molecular weight excluding hydrogens is 488 g/mol. The normalized spacial score (nSPS) is 25.7. The molecule has 2 aromatic carbocycles. The lowest BCUT2D eigenvalue weighted by Gasteiger charge is -2.43. The SMILES string of the molecule is O=C1CC(NC(=O)[C@@H]2CCCN3CCC[C@H](NC(=O)c4ccccc4)C(=O)N23)C(OCc2ccccc2)O1. The van der Waals surface area contributed by atoms with Crippen molar-refractivity contribution >= 4 is 23.7 Å². The van der Waals surface area contributed by atoms with Gasteiger partial charge in [0.1, 0.15) is 18.1 Å². The summed E-state index contributed by atoms with van der Waals surface area (Å²) in [5.74, 6) is -1.44. The molecule has 0 radical (unpaired) electrons. The number of cyclic esters (lactones) is 1. The van der Waals surface area contributed by atoms with E-state index in [4.69, 9.17) is 9.47 Å². The molecule has 0 aromatic heterocycles. The second-order valence-electron chi connectivity index (χ2n) is 9.80. The van der Waals surface area contributed by atoms with Gasteiger partial charge >= 0.3 is 5.97 Å². The summed E-state index contributed by atoms with van der Waals surface area (Å²) < 4.78 is 11.1. The monoisotopic (exact) mass is 520 g/mol. The van der Waals surface area contributed by atoms with Crippen molar-refractivity contribution in [1.82, 2.24) is 20.7 Å². The van der Waals surface area contributed by atoms with Gasteiger partial charge in [-0.1, -0.05) is 48.5 Å². The number of nitrogens with zero attached hydrogens (tertiary/aromatic N) is 2. The highest BCUT2D eigenvalue weighted by Gasteiger charge is 2.44. The van der Waals surface area contributed by atoms with Crippen LogP contribution in [0, 0.1) is 0 Å². The van der Waals surface area contributed by atoms with Crippen LogP contribution in [-0.2, 0) is 30.5 Å². The summed E-state index contributed by atoms with van der Waals surface area (Å²) in [6, 6.07) is 16.1. The Kier molecular flexibility index (Phi) is 8.00. The van der Waals surface area contributed by atoms with Crippen molar-refractivity contribution in [3.8, 4) is 0 Å². The van der Waals surface area contributed by atoms with Gasteiger partial charge in [0.25, 0.3) is 11.8 Å². The Labute approximate surface area is 221 Å². The van der Waals surface area contributed by atoms with Crippen LogP contribution in [0.2, 0.25) is 0 Å². The minimum Gasteiger partial charge on any atom is -0.433 e. The van der Waals surface area contributed by atoms with E-state index in [2.05, 4.69) is 10.6 Å². The number of hydrogen-bond donors (Lipinski definition) is 2. The van der Waals surface area contributed by atoms with Crippen LogP contribution in [0.15, 0.2) is 60.7 Å². The van der Waals surface area contributed by atoms with E-state index in [1.807, 2.05) is 41.4 Å². The maximum absolute atomic E-state index is 13.7. The summed E-state index contributed by atoms with van der Waals surface area (Å²) >= 11 is 0. The maximum Gasteiger partial charge on any atom is 0.310 e. The van der Waals surface area contributed by atoms with Gasteiger partial charge in [-0.25, -0.2) is 5.01 Å². The van der Waals surface area contributed by atoms with E-state index in [9.17, 15) is 19.2 Å². The summed E-state index contributed by atoms with van der Waals surface area (Å²) in [5.41, 5.74) is 1.39. The van der Waals surface area contributed by atoms with Crippen LogP contribution in [0.3, 0.4) is 0 Å². The number of carbonyl (C=O) groups excluding carboxylic acids is 4. The highest BCUT2D eigenvalue weighted by molar-refractivity contribution is 5.98. The van der Waals surface area contributed by atoms with E-state index < -0.39 is 30.4 Å². The van der Waals surface area contributed by atoms with Crippen LogP contribution in [-0.4, -0.2) is 71.2 Å². The zero-order chi connectivity index (χ0) is 26.5. The smallest absolute Gasteiger partial charge is 0.310 e. The summed E-state index contributed by atoms with van der Waals surface area (Å²) in [4.78, 5) is 52.0. The highest BCUT2D eigenvalue weighted by atomic mass is 16.7. The van der Waals surface area contributed by atoms with Crippen LogP contribution >= 0.6 is 0 Å². The molecule has 2 unspecified atom stereocenters. The minimum atomic E-state index is -0.913. The molecule has 5 rings (SSSR count). The van der Waals surface area contributed by atoms with E-state index in [-0.39, 0.29) is 30.7 Å². The Morgan fingerprint density at radius 3 is 2.34 bits per heavy atom. The number of amides is 3. The lowest BCUT2D eigenvalue weighted by molar-refractivity contribution is -0.171. The van der Waals surface area contributed by atoms with Gasteiger partial charge < -0.3 is 20.1 Å². The lowest BCUT2D eigenvalue weighted by Crippen LogP contribution is -2.63. The molecule has 4 atom stereocenters. The van der Waals surface area contributed by atoms with Crippen LogP contribution in [0.4, 0.5) is 0 Å². The molecule has 3 aliphatic rings. The molecule has 2 N–H and O–H groups in total. The molecule has 10 nitrogen and oxygen atoms in total. The average Bonchev–Trinajstić information content (AvgIpc) is 3.21. The first-order chi connectivity index (χ1) is 18.5. The first kappa shape index (κ1) is 25.9. The van der Waals surface area contributed by atoms with E-state index >= 15 is 0 Å². The molecule has 3 heterocycles. The lowest BCUT2D eigenvalue weighted by atomic mass is 10.0. The molecule has 200 valence electrons. The summed E-state index contributed by atoms with van der Waals surface area (Å²) in [7, 11) is 0. The standard InChI is InChI=1S/C28H32N4O6/c33-24-17-22(28(38-24)37-18-19-9-3-1-4-10-19)30-26(35)23-14-8-16-31-15-7-13-21(27(36)32(23)31)29-25(34)20-11-5-2-6-12-20/h1-6,9-12,21-23,28H,7-8,13-18H2,(H,29,34)(H,30,35)/t21-,22?,23-,28?/m0/s1. The highest BCUT2D eigenvalue weighted by Crippen LogP contribution is 2.26. The number of ether oxygens (including phenoxy) is 2. The van der Waals surface area contributed by atoms with Crippen molar-refractivity contribution in [3.63, 3.8) is 0 Å². The van der Waals surface area contributed by atoms with Crippen LogP contribution < -0.4 is 10.6 Å². The van der Waals surface area contributed by atoms with Crippen LogP contribution in [0.5, 0.6) is 0 Å². The molecular formula is C28H32N4O6. The molecule has 3 aliphatic heterocycles. The Hall–Kier alpha value is -3.76. The first-order valence-electron chi connectivity index (χ1n) is 13.1. The molecule has 3 amide bonds. The van der Waals surface area contributed by atoms with E-state index in [1.165, 1.54) is 5.01 Å². The van der Waals surface area contributed by atoms with Crippen molar-refractivity contribution < 1.29 is 28.7 Å². The van der Waals surface area contributed by atoms with Crippen molar-refractivity contribution in [1.29, 1.82) is 0 Å². The Morgan fingerprint density at radius 2 is 1.61 bits per heavy atom. The molecule has 38 heavy (non-hydrogen) atoms. The predicted molar refractivity (Wildman–Crippen MR) is 136 cm³/mol. The predicted octanol–water partition coefficient (Wildman–Crippen LogP) is 1.76. The van der Waals surface area contributed by atoms with Gasteiger partial charge in [-0.2, -0.15) is 0 Å². The number of fused-ring (bicyclic) bond motifs is 1. The van der Waals surface area contributed by atoms with Crippen molar-refractivity contribution in [3.05, 3.63) is 71.8 Å². The quantitative estimate of drug-likeness (QED) is 0.535. The van der Waals surface area contributed by atoms with Crippen molar-refractivity contribution in [2.45, 2.75) is 63.1 Å². The first-order valence-corrected chi connectivity index (χ1v) is 13.1. The fraction of sp³-hybridized carbons (Fsp3) is 0.429. The third-order valence-electron chi connectivity index (χ3n) is 7.12. The number of benzene rings is 2. The van der Waals surface area contributed by atoms with Gasteiger partial charge in [0.05, 0.1) is 13.0 Å². The molecule has 10 heteroatoms. The number of rotatable bonds is 7. The zero-order valence-electron chi connectivity index (χ0n) is 21.1. The molecule has 3 fully saturated rings. The maximum atomic E-state index is 13.7. The number of carbonyl (C=O) groups is 4. The number of nitrogens with one attached hydrogen (secondary N) is 2. The molecule has 3 saturated heterocycles. The minimum absolute atomic E-state index is 0.00860. The Bertz CT molecular complexity index is 1160. The number of hydrogen-bond acceptors (Lipinski definition) is 7. The van der Waals surface area contributed by atoms with Gasteiger partial charge in [-0.15, -0.1) is 0 Å². The van der Waals surface area contributed by atoms with Gasteiger partial charge in [-0.3, -0.25) is 24.2 Å². The van der Waals surface area contributed by atoms with E-state index in [0.29, 0.717) is 37.9 Å². The molecule has 0 spiro atoms. The zero-order valence-corrected chi connectivity index (χ0v) is 21.1. The summed E-state index contributed by atoms with van der Waals surface area (Å²) in [5, 5.41) is 9.19. The largest absolute Gasteiger partial charge is 0.433 e. The molecule has 0 saturated carbocycles. The van der Waals surface area contributed by atoms with Crippen LogP contribution in [0.1, 0.15) is 48.0 Å². The van der Waals surface area contributed by atoms with Gasteiger partial charge in [-0.05, 0) is 43.4 Å². The second kappa shape index (κ2) is 11.7. The molecule has 0 aliphatic carbocycles. The third kappa shape index (κ3) is 5.87. The number of hydrazine groups is 1. The third-order valence-corrected chi connectivity index (χ3v) is 7.12. The van der Waals surface area contributed by atoms with Crippen LogP contribution in [0.25, 0.3) is 0 Å². The van der Waals surface area contributed by atoms with Gasteiger partial charge in [0.2, 0.25) is 12.2 Å². The summed E-state index contributed by atoms with van der Waals surface area (Å²) in [6.07, 6.45) is 1.49. The van der Waals surface area contributed by atoms with Gasteiger partial charge in [0, 0.05) is 18.7 Å². The van der Waals surface area contributed by atoms with Crippen molar-refractivity contribution in [2.24, 2.45) is 0 Å². The Balaban J connectivity index is 1.26. The molecule has 0 bridgehead atoms.